The molecule has 4 N–H and O–H groups in total. The van der Waals surface area contributed by atoms with Crippen molar-refractivity contribution in [3.05, 3.63) is 52.3 Å². The van der Waals surface area contributed by atoms with Crippen LogP contribution in [0.2, 0.25) is 0 Å². The number of alkyl halides is 6. The lowest BCUT2D eigenvalue weighted by Gasteiger charge is -2.32. The molecule has 0 unspecified atom stereocenters. The van der Waals surface area contributed by atoms with Gasteiger partial charge in [-0.15, -0.1) is 0 Å². The second-order valence-electron chi connectivity index (χ2n) is 17.1. The summed E-state index contributed by atoms with van der Waals surface area (Å²) < 4.78 is 111. The number of nitrogens with two attached hydrogens (primary N) is 2. The molecule has 0 spiro atoms. The van der Waals surface area contributed by atoms with Crippen molar-refractivity contribution < 1.29 is 54.6 Å². The first-order valence-corrected chi connectivity index (χ1v) is 22.7. The fourth-order valence-corrected chi connectivity index (χ4v) is 7.83. The molecular formula is C43H58BBrF6N12O6. The van der Waals surface area contributed by atoms with E-state index < -0.39 is 41.8 Å². The number of halogens is 7. The molecule has 0 radical (unpaired) electrons. The molecule has 9 heterocycles. The van der Waals surface area contributed by atoms with Crippen molar-refractivity contribution in [2.24, 2.45) is 0 Å². The Bertz CT molecular complexity index is 2250. The van der Waals surface area contributed by atoms with Crippen LogP contribution in [-0.2, 0) is 40.6 Å². The van der Waals surface area contributed by atoms with Crippen LogP contribution in [0, 0.1) is 0 Å². The van der Waals surface area contributed by atoms with Gasteiger partial charge in [-0.25, -0.2) is 19.9 Å². The van der Waals surface area contributed by atoms with Gasteiger partial charge in [0.25, 0.3) is 0 Å². The Morgan fingerprint density at radius 3 is 1.38 bits per heavy atom. The zero-order valence-electron chi connectivity index (χ0n) is 38.1. The Morgan fingerprint density at radius 2 is 0.942 bits per heavy atom. The van der Waals surface area contributed by atoms with Crippen LogP contribution in [0.4, 0.5) is 61.5 Å². The summed E-state index contributed by atoms with van der Waals surface area (Å²) in [5, 5.41) is 0. The first kappa shape index (κ1) is 53.5. The monoisotopic (exact) mass is 1040 g/mol. The van der Waals surface area contributed by atoms with Gasteiger partial charge in [0.2, 0.25) is 11.9 Å². The summed E-state index contributed by atoms with van der Waals surface area (Å²) >= 11 is 2.73. The van der Waals surface area contributed by atoms with Crippen LogP contribution in [0.3, 0.4) is 0 Å². The van der Waals surface area contributed by atoms with Gasteiger partial charge < -0.3 is 59.3 Å². The van der Waals surface area contributed by atoms with Crippen LogP contribution in [0.25, 0.3) is 11.3 Å². The molecule has 4 aromatic heterocycles. The maximum absolute atomic E-state index is 13.6. The number of pyridine rings is 2. The fourth-order valence-electron chi connectivity index (χ4n) is 7.38. The van der Waals surface area contributed by atoms with E-state index in [-0.39, 0.29) is 34.8 Å². The SMILES string of the molecule is C.CC1(C)OB(c2cc(N3CCOCC3)nc(N3CCOCC3)n2)OC1(C)C.Nc1cc(C(F)(F)F)c(-c2cc(N3CCOCC3)nc(N3CCOCC3)n2)cn1.Nc1cc(C(F)(F)F)c(Br)cn1. The van der Waals surface area contributed by atoms with Gasteiger partial charge in [0.15, 0.2) is 0 Å². The van der Waals surface area contributed by atoms with Crippen LogP contribution >= 0.6 is 15.9 Å². The van der Waals surface area contributed by atoms with Crippen molar-refractivity contribution in [3.63, 3.8) is 0 Å². The first-order valence-electron chi connectivity index (χ1n) is 21.9. The molecular weight excluding hydrogens is 985 g/mol. The van der Waals surface area contributed by atoms with E-state index in [1.807, 2.05) is 15.9 Å². The normalized spacial score (nSPS) is 19.5. The van der Waals surface area contributed by atoms with Crippen LogP contribution in [0.1, 0.15) is 46.2 Å². The van der Waals surface area contributed by atoms with E-state index in [1.165, 1.54) is 0 Å². The maximum atomic E-state index is 13.6. The Hall–Kier alpha value is -4.86. The molecule has 5 aliphatic rings. The van der Waals surface area contributed by atoms with E-state index in [9.17, 15) is 26.3 Å². The summed E-state index contributed by atoms with van der Waals surface area (Å²) in [6.07, 6.45) is -6.84. The number of nitrogen functional groups attached to an aromatic ring is 2. The summed E-state index contributed by atoms with van der Waals surface area (Å²) in [6.45, 7) is 18.7. The van der Waals surface area contributed by atoms with Gasteiger partial charge in [-0.3, -0.25) is 0 Å². The molecule has 0 amide bonds. The minimum atomic E-state index is -4.59. The number of hydrogen-bond acceptors (Lipinski definition) is 18. The maximum Gasteiger partial charge on any atom is 0.514 e. The minimum absolute atomic E-state index is 0. The third kappa shape index (κ3) is 13.5. The second kappa shape index (κ2) is 22.5. The van der Waals surface area contributed by atoms with E-state index in [1.54, 1.807) is 6.07 Å². The highest BCUT2D eigenvalue weighted by atomic mass is 79.9. The van der Waals surface area contributed by atoms with Crippen molar-refractivity contribution in [1.82, 2.24) is 29.9 Å². The predicted molar refractivity (Wildman–Crippen MR) is 253 cm³/mol. The zero-order valence-corrected chi connectivity index (χ0v) is 39.7. The largest absolute Gasteiger partial charge is 0.514 e. The lowest BCUT2D eigenvalue weighted by molar-refractivity contribution is -0.138. The molecule has 69 heavy (non-hydrogen) atoms. The van der Waals surface area contributed by atoms with E-state index in [2.05, 4.69) is 73.4 Å². The molecule has 5 fully saturated rings. The lowest BCUT2D eigenvalue weighted by Crippen LogP contribution is -2.43. The summed E-state index contributed by atoms with van der Waals surface area (Å²) in [4.78, 5) is 34.4. The number of hydrogen-bond donors (Lipinski definition) is 2. The number of nitrogens with zero attached hydrogens (tertiary/aromatic N) is 10. The van der Waals surface area contributed by atoms with Gasteiger partial charge >= 0.3 is 19.5 Å². The summed E-state index contributed by atoms with van der Waals surface area (Å²) in [5.74, 6) is 2.20. The Morgan fingerprint density at radius 1 is 0.551 bits per heavy atom. The molecule has 5 aliphatic heterocycles. The zero-order chi connectivity index (χ0) is 48.9. The summed E-state index contributed by atoms with van der Waals surface area (Å²) in [5.41, 5.74) is 8.91. The lowest BCUT2D eigenvalue weighted by atomic mass is 9.84. The topological polar surface area (TPSA) is 198 Å². The number of ether oxygens (including phenoxy) is 4. The van der Waals surface area contributed by atoms with Gasteiger partial charge in [0.05, 0.1) is 86.5 Å². The van der Waals surface area contributed by atoms with E-state index in [4.69, 9.17) is 49.7 Å². The molecule has 0 atom stereocenters. The molecule has 18 nitrogen and oxygen atoms in total. The minimum Gasteiger partial charge on any atom is -0.398 e. The predicted octanol–water partition coefficient (Wildman–Crippen LogP) is 5.34. The van der Waals surface area contributed by atoms with Crippen molar-refractivity contribution in [1.29, 1.82) is 0 Å². The highest BCUT2D eigenvalue weighted by Crippen LogP contribution is 2.39. The number of aromatic nitrogens is 6. The average Bonchev–Trinajstić information content (AvgIpc) is 3.55. The molecule has 0 aromatic carbocycles. The Balaban J connectivity index is 0.000000182. The van der Waals surface area contributed by atoms with Gasteiger partial charge in [0.1, 0.15) is 23.3 Å². The van der Waals surface area contributed by atoms with E-state index in [0.717, 1.165) is 62.1 Å². The van der Waals surface area contributed by atoms with Crippen molar-refractivity contribution >= 4 is 63.8 Å². The van der Waals surface area contributed by atoms with E-state index >= 15 is 0 Å². The first-order chi connectivity index (χ1) is 32.2. The molecule has 26 heteroatoms. The van der Waals surface area contributed by atoms with Gasteiger partial charge in [-0.05, 0) is 61.8 Å². The van der Waals surface area contributed by atoms with Gasteiger partial charge in [0, 0.05) is 80.9 Å². The molecule has 0 aliphatic carbocycles. The standard InChI is InChI=1S/C18H29BN4O4.C18H21F3N6O2.C6H4BrF3N2.CH4/c1-17(2)18(3,4)27-19(26-17)14-13-15(22-5-9-24-10-6-22)21-16(20-14)23-7-11-25-12-8-23;19-18(20,21)13-9-15(22)23-11-12(13)14-10-16(26-1-5-28-6-2-26)25-17(24-14)27-3-7-29-8-4-27;7-4-2-12-5(11)1-3(4)6(8,9)10;/h13H,5-12H2,1-4H3;9-11H,1-8H2,(H2,22,23);1-2H,(H2,11,12);1H4. The molecule has 0 bridgehead atoms. The van der Waals surface area contributed by atoms with Crippen LogP contribution in [0.5, 0.6) is 0 Å². The van der Waals surface area contributed by atoms with Gasteiger partial charge in [-0.2, -0.15) is 36.3 Å². The molecule has 9 rings (SSSR count). The molecule has 0 saturated carbocycles. The fraction of sp³-hybridized carbons (Fsp3) is 0.581. The third-order valence-electron chi connectivity index (χ3n) is 11.9. The molecule has 378 valence electrons. The van der Waals surface area contributed by atoms with Crippen molar-refractivity contribution in [2.75, 3.05) is 136 Å². The summed E-state index contributed by atoms with van der Waals surface area (Å²) in [6, 6.07) is 5.18. The van der Waals surface area contributed by atoms with Crippen LogP contribution < -0.4 is 36.7 Å². The Kier molecular flexibility index (Phi) is 17.4. The van der Waals surface area contributed by atoms with Crippen molar-refractivity contribution in [2.45, 2.75) is 58.7 Å². The summed E-state index contributed by atoms with van der Waals surface area (Å²) in [7, 11) is -0.502. The second-order valence-corrected chi connectivity index (χ2v) is 17.9. The smallest absolute Gasteiger partial charge is 0.398 e. The van der Waals surface area contributed by atoms with Gasteiger partial charge in [-0.1, -0.05) is 7.43 Å². The number of morpholine rings is 4. The highest BCUT2D eigenvalue weighted by Gasteiger charge is 2.53. The van der Waals surface area contributed by atoms with Crippen LogP contribution in [0.15, 0.2) is 41.1 Å². The Labute approximate surface area is 405 Å². The van der Waals surface area contributed by atoms with E-state index in [0.29, 0.717) is 96.7 Å². The quantitative estimate of drug-likeness (QED) is 0.185. The third-order valence-corrected chi connectivity index (χ3v) is 12.5. The molecule has 5 saturated heterocycles. The number of rotatable bonds is 6. The average molecular weight is 1040 g/mol. The van der Waals surface area contributed by atoms with Crippen molar-refractivity contribution in [3.8, 4) is 11.3 Å². The van der Waals surface area contributed by atoms with Crippen LogP contribution in [-0.4, -0.2) is 153 Å². The highest BCUT2D eigenvalue weighted by molar-refractivity contribution is 9.10. The number of anilines is 6. The molecule has 4 aromatic rings.